The van der Waals surface area contributed by atoms with Crippen LogP contribution < -0.4 is 0 Å². The zero-order chi connectivity index (χ0) is 9.84. The highest BCUT2D eigenvalue weighted by molar-refractivity contribution is 4.94. The first-order chi connectivity index (χ1) is 6.28. The fourth-order valence-electron chi connectivity index (χ4n) is 1.95. The molecule has 0 spiro atoms. The van der Waals surface area contributed by atoms with E-state index in [1.807, 2.05) is 0 Å². The molecule has 4 unspecified atom stereocenters. The summed E-state index contributed by atoms with van der Waals surface area (Å²) in [6.07, 6.45) is 0.906. The highest BCUT2D eigenvalue weighted by Crippen LogP contribution is 2.29. The molecule has 4 nitrogen and oxygen atoms in total. The molecule has 0 aromatic carbocycles. The number of rotatable bonds is 4. The van der Waals surface area contributed by atoms with E-state index in [1.54, 1.807) is 28.4 Å². The summed E-state index contributed by atoms with van der Waals surface area (Å²) >= 11 is 0. The maximum atomic E-state index is 5.32. The van der Waals surface area contributed by atoms with Gasteiger partial charge in [-0.05, 0) is 0 Å². The van der Waals surface area contributed by atoms with Gasteiger partial charge in [-0.3, -0.25) is 0 Å². The summed E-state index contributed by atoms with van der Waals surface area (Å²) in [5.41, 5.74) is 0. The van der Waals surface area contributed by atoms with Crippen molar-refractivity contribution in [1.29, 1.82) is 0 Å². The Balaban J connectivity index is 2.65. The van der Waals surface area contributed by atoms with Crippen molar-refractivity contribution in [3.63, 3.8) is 0 Å². The molecule has 1 rings (SSSR count). The lowest BCUT2D eigenvalue weighted by molar-refractivity contribution is -0.0935. The standard InChI is InChI=1S/C9H18O4/c1-10-6-5-7(11-2)9(13-4)8(6)12-3/h6-9H,5H2,1-4H3. The van der Waals surface area contributed by atoms with E-state index in [-0.39, 0.29) is 24.4 Å². The highest BCUT2D eigenvalue weighted by atomic mass is 16.6. The van der Waals surface area contributed by atoms with E-state index in [9.17, 15) is 0 Å². The Labute approximate surface area is 79.1 Å². The lowest BCUT2D eigenvalue weighted by Crippen LogP contribution is -2.37. The first-order valence-electron chi connectivity index (χ1n) is 4.39. The summed E-state index contributed by atoms with van der Waals surface area (Å²) in [6.45, 7) is 0. The van der Waals surface area contributed by atoms with Crippen LogP contribution in [0.1, 0.15) is 6.42 Å². The maximum Gasteiger partial charge on any atom is 0.112 e. The fraction of sp³-hybridized carbons (Fsp3) is 1.00. The smallest absolute Gasteiger partial charge is 0.112 e. The van der Waals surface area contributed by atoms with Crippen molar-refractivity contribution in [2.45, 2.75) is 30.8 Å². The van der Waals surface area contributed by atoms with Crippen LogP contribution in [-0.2, 0) is 18.9 Å². The van der Waals surface area contributed by atoms with E-state index in [1.165, 1.54) is 0 Å². The van der Waals surface area contributed by atoms with E-state index >= 15 is 0 Å². The molecule has 0 N–H and O–H groups in total. The van der Waals surface area contributed by atoms with E-state index in [0.717, 1.165) is 6.42 Å². The van der Waals surface area contributed by atoms with Gasteiger partial charge in [0.15, 0.2) is 0 Å². The van der Waals surface area contributed by atoms with Crippen molar-refractivity contribution >= 4 is 0 Å². The molecular formula is C9H18O4. The molecule has 0 amide bonds. The molecule has 0 radical (unpaired) electrons. The minimum atomic E-state index is -0.0278. The van der Waals surface area contributed by atoms with Gasteiger partial charge in [-0.15, -0.1) is 0 Å². The quantitative estimate of drug-likeness (QED) is 0.645. The molecule has 0 aliphatic heterocycles. The number of hydrogen-bond donors (Lipinski definition) is 0. The van der Waals surface area contributed by atoms with Crippen LogP contribution in [0.3, 0.4) is 0 Å². The Morgan fingerprint density at radius 2 is 1.08 bits per heavy atom. The summed E-state index contributed by atoms with van der Waals surface area (Å²) in [7, 11) is 6.70. The van der Waals surface area contributed by atoms with Gasteiger partial charge in [0.05, 0.1) is 12.2 Å². The van der Waals surface area contributed by atoms with Crippen LogP contribution >= 0.6 is 0 Å². The SMILES string of the molecule is COC1CC(OC)C(OC)C1OC. The fourth-order valence-corrected chi connectivity index (χ4v) is 1.95. The van der Waals surface area contributed by atoms with Gasteiger partial charge in [0.1, 0.15) is 12.2 Å². The second-order valence-corrected chi connectivity index (χ2v) is 3.18. The van der Waals surface area contributed by atoms with Crippen molar-refractivity contribution in [3.05, 3.63) is 0 Å². The Morgan fingerprint density at radius 1 is 0.692 bits per heavy atom. The predicted octanol–water partition coefficient (Wildman–Crippen LogP) is 0.450. The Bertz CT molecular complexity index is 135. The molecule has 1 aliphatic carbocycles. The van der Waals surface area contributed by atoms with Crippen LogP contribution in [0, 0.1) is 0 Å². The van der Waals surface area contributed by atoms with Gasteiger partial charge in [0.25, 0.3) is 0 Å². The van der Waals surface area contributed by atoms with Gasteiger partial charge < -0.3 is 18.9 Å². The highest BCUT2D eigenvalue weighted by Gasteiger charge is 2.44. The van der Waals surface area contributed by atoms with Crippen LogP contribution in [0.5, 0.6) is 0 Å². The van der Waals surface area contributed by atoms with Crippen LogP contribution in [0.4, 0.5) is 0 Å². The molecule has 4 heteroatoms. The summed E-state index contributed by atoms with van der Waals surface area (Å²) in [4.78, 5) is 0. The Hall–Kier alpha value is -0.160. The summed E-state index contributed by atoms with van der Waals surface area (Å²) in [5, 5.41) is 0. The number of ether oxygens (including phenoxy) is 4. The molecular weight excluding hydrogens is 172 g/mol. The van der Waals surface area contributed by atoms with Gasteiger partial charge >= 0.3 is 0 Å². The first kappa shape index (κ1) is 10.9. The minimum absolute atomic E-state index is 0.0278. The first-order valence-corrected chi connectivity index (χ1v) is 4.39. The summed E-state index contributed by atoms with van der Waals surface area (Å²) in [5.74, 6) is 0. The lowest BCUT2D eigenvalue weighted by Gasteiger charge is -2.22. The molecule has 1 saturated carbocycles. The molecule has 13 heavy (non-hydrogen) atoms. The van der Waals surface area contributed by atoms with Crippen LogP contribution in [0.25, 0.3) is 0 Å². The van der Waals surface area contributed by atoms with E-state index < -0.39 is 0 Å². The third-order valence-corrected chi connectivity index (χ3v) is 2.67. The average molecular weight is 190 g/mol. The zero-order valence-electron chi connectivity index (χ0n) is 8.65. The van der Waals surface area contributed by atoms with Gasteiger partial charge in [-0.1, -0.05) is 0 Å². The third kappa shape index (κ3) is 2.02. The largest absolute Gasteiger partial charge is 0.379 e. The van der Waals surface area contributed by atoms with Gasteiger partial charge in [-0.25, -0.2) is 0 Å². The van der Waals surface area contributed by atoms with Crippen molar-refractivity contribution in [3.8, 4) is 0 Å². The van der Waals surface area contributed by atoms with Crippen molar-refractivity contribution in [2.75, 3.05) is 28.4 Å². The van der Waals surface area contributed by atoms with Crippen molar-refractivity contribution < 1.29 is 18.9 Å². The van der Waals surface area contributed by atoms with Crippen LogP contribution in [0.15, 0.2) is 0 Å². The van der Waals surface area contributed by atoms with Crippen LogP contribution in [0.2, 0.25) is 0 Å². The molecule has 1 aliphatic rings. The predicted molar refractivity (Wildman–Crippen MR) is 47.8 cm³/mol. The van der Waals surface area contributed by atoms with E-state index in [2.05, 4.69) is 0 Å². The zero-order valence-corrected chi connectivity index (χ0v) is 8.65. The average Bonchev–Trinajstić information content (AvgIpc) is 2.54. The van der Waals surface area contributed by atoms with Gasteiger partial charge in [-0.2, -0.15) is 0 Å². The monoisotopic (exact) mass is 190 g/mol. The molecule has 0 bridgehead atoms. The summed E-state index contributed by atoms with van der Waals surface area (Å²) in [6, 6.07) is 0. The molecule has 4 atom stereocenters. The lowest BCUT2D eigenvalue weighted by atomic mass is 10.2. The minimum Gasteiger partial charge on any atom is -0.379 e. The molecule has 78 valence electrons. The molecule has 0 heterocycles. The third-order valence-electron chi connectivity index (χ3n) is 2.67. The Kier molecular flexibility index (Phi) is 4.12. The van der Waals surface area contributed by atoms with Gasteiger partial charge in [0.2, 0.25) is 0 Å². The molecule has 0 saturated heterocycles. The molecule has 0 aromatic heterocycles. The van der Waals surface area contributed by atoms with E-state index in [0.29, 0.717) is 0 Å². The summed E-state index contributed by atoms with van der Waals surface area (Å²) < 4.78 is 21.2. The number of methoxy groups -OCH3 is 4. The normalized spacial score (nSPS) is 39.7. The molecule has 0 aromatic rings. The van der Waals surface area contributed by atoms with Crippen molar-refractivity contribution in [1.82, 2.24) is 0 Å². The molecule has 1 fully saturated rings. The van der Waals surface area contributed by atoms with Gasteiger partial charge in [0, 0.05) is 34.9 Å². The maximum absolute atomic E-state index is 5.32. The van der Waals surface area contributed by atoms with E-state index in [4.69, 9.17) is 18.9 Å². The van der Waals surface area contributed by atoms with Crippen molar-refractivity contribution in [2.24, 2.45) is 0 Å². The van der Waals surface area contributed by atoms with Crippen LogP contribution in [-0.4, -0.2) is 52.9 Å². The number of hydrogen-bond acceptors (Lipinski definition) is 4. The second kappa shape index (κ2) is 4.91. The second-order valence-electron chi connectivity index (χ2n) is 3.18. The topological polar surface area (TPSA) is 36.9 Å². The Morgan fingerprint density at radius 3 is 1.31 bits per heavy atom.